The first kappa shape index (κ1) is 29.7. The number of methoxy groups -OCH3 is 1. The summed E-state index contributed by atoms with van der Waals surface area (Å²) in [6.45, 7) is 3.99. The third-order valence-corrected chi connectivity index (χ3v) is 8.80. The zero-order chi connectivity index (χ0) is 29.2. The summed E-state index contributed by atoms with van der Waals surface area (Å²) in [4.78, 5) is 11.8. The van der Waals surface area contributed by atoms with Crippen molar-refractivity contribution in [1.29, 1.82) is 0 Å². The third kappa shape index (κ3) is 5.93. The molecule has 3 aromatic carbocycles. The molecule has 8 nitrogen and oxygen atoms in total. The molecule has 4 aromatic rings. The zero-order valence-electron chi connectivity index (χ0n) is 21.9. The first-order valence-electron chi connectivity index (χ1n) is 12.0. The molecular formula is C28H25Cl3N2O6S. The van der Waals surface area contributed by atoms with E-state index in [4.69, 9.17) is 48.8 Å². The maximum atomic E-state index is 13.3. The van der Waals surface area contributed by atoms with E-state index in [2.05, 4.69) is 5.16 Å². The van der Waals surface area contributed by atoms with Crippen LogP contribution in [0.1, 0.15) is 41.4 Å². The number of halogens is 3. The number of nitrogens with zero attached hydrogens (tertiary/aromatic N) is 2. The van der Waals surface area contributed by atoms with Crippen LogP contribution < -0.4 is 9.04 Å². The fraction of sp³-hybridized carbons (Fsp3) is 0.214. The normalized spacial score (nSPS) is 11.5. The van der Waals surface area contributed by atoms with Crippen LogP contribution in [-0.2, 0) is 21.4 Å². The van der Waals surface area contributed by atoms with Crippen molar-refractivity contribution in [2.24, 2.45) is 0 Å². The van der Waals surface area contributed by atoms with Crippen LogP contribution in [0.4, 0.5) is 5.69 Å². The van der Waals surface area contributed by atoms with E-state index < -0.39 is 16.0 Å². The van der Waals surface area contributed by atoms with Crippen LogP contribution in [-0.4, -0.2) is 33.7 Å². The molecule has 0 bridgehead atoms. The van der Waals surface area contributed by atoms with Gasteiger partial charge in [-0.05, 0) is 42.5 Å². The van der Waals surface area contributed by atoms with Crippen LogP contribution in [0.3, 0.4) is 0 Å². The Labute approximate surface area is 247 Å². The summed E-state index contributed by atoms with van der Waals surface area (Å²) in [5, 5.41) is 5.20. The Morgan fingerprint density at radius 1 is 1.00 bits per heavy atom. The minimum Gasteiger partial charge on any atom is -0.489 e. The summed E-state index contributed by atoms with van der Waals surface area (Å²) in [5.74, 6) is 0.365. The Bertz CT molecular complexity index is 1650. The van der Waals surface area contributed by atoms with Gasteiger partial charge in [0.1, 0.15) is 23.8 Å². The summed E-state index contributed by atoms with van der Waals surface area (Å²) in [5.41, 5.74) is 2.02. The molecule has 12 heteroatoms. The van der Waals surface area contributed by atoms with Crippen LogP contribution in [0.15, 0.2) is 70.1 Å². The molecular weight excluding hydrogens is 599 g/mol. The molecule has 0 fully saturated rings. The van der Waals surface area contributed by atoms with Gasteiger partial charge < -0.3 is 14.0 Å². The highest BCUT2D eigenvalue weighted by Crippen LogP contribution is 2.39. The van der Waals surface area contributed by atoms with Crippen molar-refractivity contribution in [3.8, 4) is 17.0 Å². The van der Waals surface area contributed by atoms with Crippen molar-refractivity contribution in [1.82, 2.24) is 5.16 Å². The number of aromatic nitrogens is 1. The Morgan fingerprint density at radius 3 is 2.30 bits per heavy atom. The summed E-state index contributed by atoms with van der Waals surface area (Å²) < 4.78 is 43.9. The minimum atomic E-state index is -4.04. The van der Waals surface area contributed by atoms with E-state index in [-0.39, 0.29) is 33.7 Å². The second-order valence-electron chi connectivity index (χ2n) is 9.02. The molecule has 0 unspecified atom stereocenters. The lowest BCUT2D eigenvalue weighted by atomic mass is 10.0. The van der Waals surface area contributed by atoms with Crippen LogP contribution >= 0.6 is 34.8 Å². The predicted octanol–water partition coefficient (Wildman–Crippen LogP) is 7.62. The number of carbonyl (C=O) groups is 1. The van der Waals surface area contributed by atoms with E-state index in [1.54, 1.807) is 24.3 Å². The Kier molecular flexibility index (Phi) is 8.99. The second-order valence-corrected chi connectivity index (χ2v) is 12.2. The number of ether oxygens (including phenoxy) is 2. The molecule has 210 valence electrons. The van der Waals surface area contributed by atoms with Gasteiger partial charge in [-0.3, -0.25) is 4.31 Å². The highest BCUT2D eigenvalue weighted by molar-refractivity contribution is 7.92. The van der Waals surface area contributed by atoms with Crippen LogP contribution in [0, 0.1) is 0 Å². The van der Waals surface area contributed by atoms with Crippen LogP contribution in [0.5, 0.6) is 5.75 Å². The highest BCUT2D eigenvalue weighted by Gasteiger charge is 2.26. The SMILES string of the molecule is COC(=O)c1cccc(S(=O)(=O)N(C)c2ccc(OCc3c(-c4c(Cl)cccc4Cl)noc3C(C)C)cc2Cl)c1. The molecule has 1 aromatic heterocycles. The van der Waals surface area contributed by atoms with Gasteiger partial charge in [-0.15, -0.1) is 0 Å². The number of anilines is 1. The molecule has 0 atom stereocenters. The van der Waals surface area contributed by atoms with Crippen molar-refractivity contribution < 1.29 is 27.2 Å². The number of hydrogen-bond donors (Lipinski definition) is 0. The fourth-order valence-electron chi connectivity index (χ4n) is 4.01. The van der Waals surface area contributed by atoms with E-state index in [9.17, 15) is 13.2 Å². The summed E-state index contributed by atoms with van der Waals surface area (Å²) in [6, 6.07) is 15.4. The fourth-order valence-corrected chi connectivity index (χ4v) is 6.20. The number of hydrogen-bond acceptors (Lipinski definition) is 7. The Hall–Kier alpha value is -3.24. The molecule has 0 aliphatic carbocycles. The Morgan fingerprint density at radius 2 is 1.68 bits per heavy atom. The van der Waals surface area contributed by atoms with Gasteiger partial charge in [0.05, 0.1) is 43.9 Å². The first-order valence-corrected chi connectivity index (χ1v) is 14.6. The molecule has 0 saturated carbocycles. The molecule has 0 spiro atoms. The standard InChI is InChI=1S/C28H25Cl3N2O6S/c1-16(2)27-20(26(32-39-27)25-21(29)9-6-10-22(25)30)15-38-18-11-12-24(23(31)14-18)33(3)40(35,36)19-8-5-7-17(13-19)28(34)37-4/h5-14,16H,15H2,1-4H3. The summed E-state index contributed by atoms with van der Waals surface area (Å²) in [7, 11) is -1.45. The first-order chi connectivity index (χ1) is 18.9. The smallest absolute Gasteiger partial charge is 0.337 e. The highest BCUT2D eigenvalue weighted by atomic mass is 35.5. The van der Waals surface area contributed by atoms with Gasteiger partial charge in [0.25, 0.3) is 10.0 Å². The van der Waals surface area contributed by atoms with Gasteiger partial charge in [0, 0.05) is 24.6 Å². The number of rotatable bonds is 9. The molecule has 0 aliphatic rings. The van der Waals surface area contributed by atoms with Crippen molar-refractivity contribution in [3.05, 3.63) is 92.6 Å². The maximum absolute atomic E-state index is 13.3. The lowest BCUT2D eigenvalue weighted by Crippen LogP contribution is -2.27. The lowest BCUT2D eigenvalue weighted by molar-refractivity contribution is 0.0600. The number of esters is 1. The van der Waals surface area contributed by atoms with Crippen molar-refractivity contribution in [2.45, 2.75) is 31.3 Å². The molecule has 1 heterocycles. The van der Waals surface area contributed by atoms with E-state index in [0.717, 1.165) is 4.31 Å². The van der Waals surface area contributed by atoms with Gasteiger partial charge in [0.2, 0.25) is 0 Å². The number of carbonyl (C=O) groups excluding carboxylic acids is 1. The molecule has 0 amide bonds. The number of benzene rings is 3. The maximum Gasteiger partial charge on any atom is 0.337 e. The van der Waals surface area contributed by atoms with Crippen molar-refractivity contribution in [2.75, 3.05) is 18.5 Å². The summed E-state index contributed by atoms with van der Waals surface area (Å²) in [6.07, 6.45) is 0. The lowest BCUT2D eigenvalue weighted by Gasteiger charge is -2.21. The molecule has 40 heavy (non-hydrogen) atoms. The van der Waals surface area contributed by atoms with E-state index in [0.29, 0.717) is 38.4 Å². The topological polar surface area (TPSA) is 98.9 Å². The second kappa shape index (κ2) is 12.1. The molecule has 0 aliphatic heterocycles. The zero-order valence-corrected chi connectivity index (χ0v) is 25.0. The van der Waals surface area contributed by atoms with Gasteiger partial charge in [-0.1, -0.05) is 65.9 Å². The molecule has 0 N–H and O–H groups in total. The molecule has 0 saturated heterocycles. The Balaban J connectivity index is 1.60. The monoisotopic (exact) mass is 622 g/mol. The van der Waals surface area contributed by atoms with Gasteiger partial charge in [0.15, 0.2) is 0 Å². The van der Waals surface area contributed by atoms with Crippen LogP contribution in [0.25, 0.3) is 11.3 Å². The third-order valence-electron chi connectivity index (χ3n) is 6.10. The molecule has 0 radical (unpaired) electrons. The van der Waals surface area contributed by atoms with Gasteiger partial charge in [-0.2, -0.15) is 0 Å². The number of sulfonamides is 1. The average molecular weight is 624 g/mol. The van der Waals surface area contributed by atoms with E-state index in [1.807, 2.05) is 13.8 Å². The predicted molar refractivity (Wildman–Crippen MR) is 155 cm³/mol. The van der Waals surface area contributed by atoms with Crippen molar-refractivity contribution >= 4 is 56.5 Å². The molecule has 4 rings (SSSR count). The van der Waals surface area contributed by atoms with Crippen molar-refractivity contribution in [3.63, 3.8) is 0 Å². The quantitative estimate of drug-likeness (QED) is 0.177. The van der Waals surface area contributed by atoms with Crippen LogP contribution in [0.2, 0.25) is 15.1 Å². The summed E-state index contributed by atoms with van der Waals surface area (Å²) >= 11 is 19.3. The van der Waals surface area contributed by atoms with Gasteiger partial charge >= 0.3 is 5.97 Å². The van der Waals surface area contributed by atoms with Gasteiger partial charge in [-0.25, -0.2) is 13.2 Å². The largest absolute Gasteiger partial charge is 0.489 e. The average Bonchev–Trinajstić information content (AvgIpc) is 3.34. The van der Waals surface area contributed by atoms with E-state index in [1.165, 1.54) is 50.6 Å². The van der Waals surface area contributed by atoms with E-state index >= 15 is 0 Å². The minimum absolute atomic E-state index is 0.00335.